The van der Waals surface area contributed by atoms with Gasteiger partial charge in [-0.2, -0.15) is 11.3 Å². The Bertz CT molecular complexity index is 307. The summed E-state index contributed by atoms with van der Waals surface area (Å²) in [6.45, 7) is 3.47. The highest BCUT2D eigenvalue weighted by Crippen LogP contribution is 2.26. The normalized spacial score (nSPS) is 24.9. The fraction of sp³-hybridized carbons (Fsp3) is 0.750. The monoisotopic (exact) mass is 265 g/mol. The molecule has 1 aliphatic rings. The molecule has 0 radical (unpaired) electrons. The number of nitrogens with one attached hydrogen (secondary N) is 1. The molecule has 1 N–H and O–H groups in total. The molecule has 2 rings (SSSR count). The van der Waals surface area contributed by atoms with E-state index in [1.807, 2.05) is 0 Å². The minimum absolute atomic E-state index is 0.783. The SMILES string of the molecule is CCCC1CCCC(NCCc2ccsc2)CC1. The van der Waals surface area contributed by atoms with Crippen molar-refractivity contribution in [3.63, 3.8) is 0 Å². The minimum atomic E-state index is 0.783. The van der Waals surface area contributed by atoms with Crippen LogP contribution < -0.4 is 5.32 Å². The summed E-state index contributed by atoms with van der Waals surface area (Å²) in [5, 5.41) is 8.21. The number of rotatable bonds is 6. The standard InChI is InChI=1S/C16H27NS/c1-2-4-14-5-3-6-16(8-7-14)17-11-9-15-10-12-18-13-15/h10,12-14,16-17H,2-9,11H2,1H3. The first-order valence-corrected chi connectivity index (χ1v) is 8.57. The van der Waals surface area contributed by atoms with Crippen molar-refractivity contribution < 1.29 is 0 Å². The maximum absolute atomic E-state index is 3.77. The van der Waals surface area contributed by atoms with Crippen molar-refractivity contribution in [3.8, 4) is 0 Å². The van der Waals surface area contributed by atoms with Gasteiger partial charge in [0.2, 0.25) is 0 Å². The Morgan fingerprint density at radius 1 is 1.28 bits per heavy atom. The summed E-state index contributed by atoms with van der Waals surface area (Å²) in [5.41, 5.74) is 1.49. The summed E-state index contributed by atoms with van der Waals surface area (Å²) in [7, 11) is 0. The molecule has 0 amide bonds. The molecule has 2 atom stereocenters. The summed E-state index contributed by atoms with van der Waals surface area (Å²) in [6.07, 6.45) is 11.1. The van der Waals surface area contributed by atoms with Crippen LogP contribution in [0.2, 0.25) is 0 Å². The second-order valence-corrected chi connectivity index (χ2v) is 6.48. The van der Waals surface area contributed by atoms with Gasteiger partial charge in [-0.05, 0) is 60.5 Å². The number of thiophene rings is 1. The van der Waals surface area contributed by atoms with Crippen molar-refractivity contribution in [3.05, 3.63) is 22.4 Å². The molecule has 0 aliphatic heterocycles. The van der Waals surface area contributed by atoms with Crippen LogP contribution >= 0.6 is 11.3 Å². The van der Waals surface area contributed by atoms with E-state index in [9.17, 15) is 0 Å². The summed E-state index contributed by atoms with van der Waals surface area (Å²) in [4.78, 5) is 0. The van der Waals surface area contributed by atoms with E-state index in [-0.39, 0.29) is 0 Å². The average Bonchev–Trinajstić information content (AvgIpc) is 2.78. The molecular weight excluding hydrogens is 238 g/mol. The minimum Gasteiger partial charge on any atom is -0.314 e. The van der Waals surface area contributed by atoms with Crippen molar-refractivity contribution in [2.45, 2.75) is 64.3 Å². The average molecular weight is 265 g/mol. The van der Waals surface area contributed by atoms with E-state index in [1.54, 1.807) is 11.3 Å². The maximum atomic E-state index is 3.77. The van der Waals surface area contributed by atoms with Crippen molar-refractivity contribution in [2.75, 3.05) is 6.54 Å². The second-order valence-electron chi connectivity index (χ2n) is 5.70. The molecule has 1 aromatic rings. The van der Waals surface area contributed by atoms with Crippen LogP contribution in [-0.4, -0.2) is 12.6 Å². The number of hydrogen-bond donors (Lipinski definition) is 1. The summed E-state index contributed by atoms with van der Waals surface area (Å²) < 4.78 is 0. The number of hydrogen-bond acceptors (Lipinski definition) is 2. The van der Waals surface area contributed by atoms with E-state index in [4.69, 9.17) is 0 Å². The lowest BCUT2D eigenvalue weighted by atomic mass is 9.95. The van der Waals surface area contributed by atoms with Gasteiger partial charge >= 0.3 is 0 Å². The van der Waals surface area contributed by atoms with E-state index in [0.717, 1.165) is 18.5 Å². The van der Waals surface area contributed by atoms with Crippen LogP contribution in [-0.2, 0) is 6.42 Å². The quantitative estimate of drug-likeness (QED) is 0.740. The zero-order valence-corrected chi connectivity index (χ0v) is 12.5. The van der Waals surface area contributed by atoms with Crippen LogP contribution in [0.1, 0.15) is 57.4 Å². The molecular formula is C16H27NS. The van der Waals surface area contributed by atoms with E-state index in [2.05, 4.69) is 29.1 Å². The van der Waals surface area contributed by atoms with Crippen LogP contribution in [0.5, 0.6) is 0 Å². The molecule has 1 aliphatic carbocycles. The molecule has 1 nitrogen and oxygen atoms in total. The molecule has 2 unspecified atom stereocenters. The van der Waals surface area contributed by atoms with Gasteiger partial charge in [-0.3, -0.25) is 0 Å². The first-order valence-electron chi connectivity index (χ1n) is 7.63. The van der Waals surface area contributed by atoms with Crippen LogP contribution in [0.3, 0.4) is 0 Å². The second kappa shape index (κ2) is 7.96. The molecule has 1 fully saturated rings. The molecule has 0 bridgehead atoms. The van der Waals surface area contributed by atoms with Gasteiger partial charge in [0.25, 0.3) is 0 Å². The van der Waals surface area contributed by atoms with E-state index >= 15 is 0 Å². The van der Waals surface area contributed by atoms with Crippen molar-refractivity contribution in [1.82, 2.24) is 5.32 Å². The molecule has 1 heterocycles. The lowest BCUT2D eigenvalue weighted by Gasteiger charge is -2.16. The Kier molecular flexibility index (Phi) is 6.22. The Hall–Kier alpha value is -0.340. The molecule has 2 heteroatoms. The maximum Gasteiger partial charge on any atom is 0.00672 e. The van der Waals surface area contributed by atoms with Crippen LogP contribution in [0.25, 0.3) is 0 Å². The molecule has 0 aromatic carbocycles. The molecule has 0 spiro atoms. The lowest BCUT2D eigenvalue weighted by molar-refractivity contribution is 0.411. The fourth-order valence-electron chi connectivity index (χ4n) is 3.14. The highest BCUT2D eigenvalue weighted by atomic mass is 32.1. The predicted molar refractivity (Wildman–Crippen MR) is 81.3 cm³/mol. The first kappa shape index (κ1) is 14.1. The summed E-state index contributed by atoms with van der Waals surface area (Å²) in [6, 6.07) is 3.03. The van der Waals surface area contributed by atoms with Gasteiger partial charge in [-0.1, -0.05) is 32.6 Å². The highest BCUT2D eigenvalue weighted by Gasteiger charge is 2.17. The molecule has 1 saturated carbocycles. The third-order valence-corrected chi connectivity index (χ3v) is 4.94. The summed E-state index contributed by atoms with van der Waals surface area (Å²) >= 11 is 1.81. The Labute approximate surface area is 116 Å². The fourth-order valence-corrected chi connectivity index (χ4v) is 3.84. The van der Waals surface area contributed by atoms with Gasteiger partial charge in [0.05, 0.1) is 0 Å². The lowest BCUT2D eigenvalue weighted by Crippen LogP contribution is -2.30. The van der Waals surface area contributed by atoms with Gasteiger partial charge in [-0.25, -0.2) is 0 Å². The highest BCUT2D eigenvalue weighted by molar-refractivity contribution is 7.07. The molecule has 18 heavy (non-hydrogen) atoms. The smallest absolute Gasteiger partial charge is 0.00672 e. The first-order chi connectivity index (χ1) is 8.88. The van der Waals surface area contributed by atoms with E-state index < -0.39 is 0 Å². The van der Waals surface area contributed by atoms with Crippen LogP contribution in [0.4, 0.5) is 0 Å². The van der Waals surface area contributed by atoms with Crippen LogP contribution in [0.15, 0.2) is 16.8 Å². The van der Waals surface area contributed by atoms with Gasteiger partial charge in [0, 0.05) is 6.04 Å². The Balaban J connectivity index is 1.64. The molecule has 102 valence electrons. The van der Waals surface area contributed by atoms with E-state index in [0.29, 0.717) is 0 Å². The third-order valence-electron chi connectivity index (χ3n) is 4.21. The third kappa shape index (κ3) is 4.74. The molecule has 0 saturated heterocycles. The van der Waals surface area contributed by atoms with Gasteiger partial charge in [-0.15, -0.1) is 0 Å². The van der Waals surface area contributed by atoms with Crippen molar-refractivity contribution in [2.24, 2.45) is 5.92 Å². The predicted octanol–water partition coefficient (Wildman–Crippen LogP) is 4.63. The van der Waals surface area contributed by atoms with E-state index in [1.165, 1.54) is 56.9 Å². The zero-order chi connectivity index (χ0) is 12.6. The summed E-state index contributed by atoms with van der Waals surface area (Å²) in [5.74, 6) is 1.01. The topological polar surface area (TPSA) is 12.0 Å². The molecule has 1 aromatic heterocycles. The van der Waals surface area contributed by atoms with Crippen molar-refractivity contribution in [1.29, 1.82) is 0 Å². The van der Waals surface area contributed by atoms with Gasteiger partial charge < -0.3 is 5.32 Å². The zero-order valence-electron chi connectivity index (χ0n) is 11.7. The van der Waals surface area contributed by atoms with Crippen LogP contribution in [0, 0.1) is 5.92 Å². The largest absolute Gasteiger partial charge is 0.314 e. The van der Waals surface area contributed by atoms with Gasteiger partial charge in [0.15, 0.2) is 0 Å². The Morgan fingerprint density at radius 2 is 2.22 bits per heavy atom. The van der Waals surface area contributed by atoms with Gasteiger partial charge in [0.1, 0.15) is 0 Å². The Morgan fingerprint density at radius 3 is 3.00 bits per heavy atom. The van der Waals surface area contributed by atoms with Crippen molar-refractivity contribution >= 4 is 11.3 Å².